The molecule has 2 heteroatoms. The predicted molar refractivity (Wildman–Crippen MR) is 65.6 cm³/mol. The lowest BCUT2D eigenvalue weighted by Gasteiger charge is -2.01. The molecular formula is C14H20O2. The lowest BCUT2D eigenvalue weighted by Crippen LogP contribution is -1.94. The van der Waals surface area contributed by atoms with Crippen LogP contribution in [-0.4, -0.2) is 10.9 Å². The van der Waals surface area contributed by atoms with Crippen molar-refractivity contribution in [1.82, 2.24) is 0 Å². The van der Waals surface area contributed by atoms with Gasteiger partial charge in [-0.25, -0.2) is 0 Å². The van der Waals surface area contributed by atoms with Crippen LogP contribution in [-0.2, 0) is 11.2 Å². The minimum Gasteiger partial charge on any atom is -0.508 e. The molecule has 0 aliphatic heterocycles. The maximum absolute atomic E-state index is 11.1. The van der Waals surface area contributed by atoms with Gasteiger partial charge in [-0.15, -0.1) is 0 Å². The second-order valence-corrected chi connectivity index (χ2v) is 4.12. The quantitative estimate of drug-likeness (QED) is 0.714. The fourth-order valence-corrected chi connectivity index (χ4v) is 1.67. The fourth-order valence-electron chi connectivity index (χ4n) is 1.67. The number of carbonyl (C=O) groups excluding carboxylic acids is 1. The zero-order chi connectivity index (χ0) is 11.8. The Morgan fingerprint density at radius 1 is 1.12 bits per heavy atom. The van der Waals surface area contributed by atoms with Crippen LogP contribution in [0.1, 0.15) is 44.6 Å². The number of ketones is 1. The predicted octanol–water partition coefficient (Wildman–Crippen LogP) is 3.47. The number of Topliss-reactive ketones (excluding diaryl/α,β-unsaturated/α-hetero) is 1. The molecular weight excluding hydrogens is 200 g/mol. The second-order valence-electron chi connectivity index (χ2n) is 4.12. The number of rotatable bonds is 7. The Morgan fingerprint density at radius 2 is 1.81 bits per heavy atom. The highest BCUT2D eigenvalue weighted by atomic mass is 16.3. The van der Waals surface area contributed by atoms with E-state index >= 15 is 0 Å². The molecule has 0 saturated heterocycles. The van der Waals surface area contributed by atoms with E-state index in [-0.39, 0.29) is 0 Å². The van der Waals surface area contributed by atoms with E-state index in [9.17, 15) is 4.79 Å². The first-order chi connectivity index (χ1) is 7.72. The van der Waals surface area contributed by atoms with E-state index in [2.05, 4.69) is 0 Å². The average Bonchev–Trinajstić information content (AvgIpc) is 2.31. The van der Waals surface area contributed by atoms with Crippen LogP contribution in [0.2, 0.25) is 0 Å². The van der Waals surface area contributed by atoms with Gasteiger partial charge >= 0.3 is 0 Å². The van der Waals surface area contributed by atoms with Gasteiger partial charge in [-0.05, 0) is 37.0 Å². The van der Waals surface area contributed by atoms with Crippen LogP contribution >= 0.6 is 0 Å². The molecule has 0 amide bonds. The first kappa shape index (κ1) is 12.8. The first-order valence-electron chi connectivity index (χ1n) is 6.02. The van der Waals surface area contributed by atoms with E-state index in [1.807, 2.05) is 19.1 Å². The second kappa shape index (κ2) is 7.04. The van der Waals surface area contributed by atoms with Crippen molar-refractivity contribution in [1.29, 1.82) is 0 Å². The highest BCUT2D eigenvalue weighted by molar-refractivity contribution is 5.77. The van der Waals surface area contributed by atoms with Gasteiger partial charge in [0.2, 0.25) is 0 Å². The Morgan fingerprint density at radius 3 is 2.44 bits per heavy atom. The number of phenols is 1. The molecule has 0 radical (unpaired) electrons. The SMILES string of the molecule is CCC(=O)CCCCCc1ccc(O)cc1. The summed E-state index contributed by atoms with van der Waals surface area (Å²) in [5, 5.41) is 9.12. The molecule has 1 N–H and O–H groups in total. The molecule has 1 aromatic carbocycles. The summed E-state index contributed by atoms with van der Waals surface area (Å²) in [6, 6.07) is 7.34. The van der Waals surface area contributed by atoms with Crippen LogP contribution in [0.4, 0.5) is 0 Å². The third-order valence-electron chi connectivity index (χ3n) is 2.75. The molecule has 0 saturated carbocycles. The Labute approximate surface area is 97.3 Å². The van der Waals surface area contributed by atoms with E-state index < -0.39 is 0 Å². The molecule has 0 atom stereocenters. The van der Waals surface area contributed by atoms with Crippen LogP contribution in [0.5, 0.6) is 5.75 Å². The van der Waals surface area contributed by atoms with E-state index in [0.717, 1.165) is 32.1 Å². The Kier molecular flexibility index (Phi) is 5.62. The lowest BCUT2D eigenvalue weighted by atomic mass is 10.0. The third kappa shape index (κ3) is 4.96. The van der Waals surface area contributed by atoms with Gasteiger partial charge in [-0.1, -0.05) is 25.5 Å². The molecule has 88 valence electrons. The molecule has 0 fully saturated rings. The maximum atomic E-state index is 11.1. The van der Waals surface area contributed by atoms with E-state index in [1.165, 1.54) is 5.56 Å². The van der Waals surface area contributed by atoms with Gasteiger partial charge in [0.1, 0.15) is 11.5 Å². The summed E-state index contributed by atoms with van der Waals surface area (Å²) in [7, 11) is 0. The van der Waals surface area contributed by atoms with Gasteiger partial charge in [0.05, 0.1) is 0 Å². The normalized spacial score (nSPS) is 10.3. The van der Waals surface area contributed by atoms with E-state index in [0.29, 0.717) is 18.0 Å². The van der Waals surface area contributed by atoms with Crippen molar-refractivity contribution in [2.45, 2.75) is 45.4 Å². The van der Waals surface area contributed by atoms with Crippen LogP contribution in [0, 0.1) is 0 Å². The van der Waals surface area contributed by atoms with Crippen LogP contribution in [0.15, 0.2) is 24.3 Å². The molecule has 0 spiro atoms. The summed E-state index contributed by atoms with van der Waals surface area (Å²) in [4.78, 5) is 11.1. The van der Waals surface area contributed by atoms with E-state index in [1.54, 1.807) is 12.1 Å². The zero-order valence-corrected chi connectivity index (χ0v) is 9.91. The standard InChI is InChI=1S/C14H20O2/c1-2-13(15)7-5-3-4-6-12-8-10-14(16)11-9-12/h8-11,16H,2-7H2,1H3. The highest BCUT2D eigenvalue weighted by Gasteiger charge is 1.98. The van der Waals surface area contributed by atoms with E-state index in [4.69, 9.17) is 5.11 Å². The fraction of sp³-hybridized carbons (Fsp3) is 0.500. The number of carbonyl (C=O) groups is 1. The first-order valence-corrected chi connectivity index (χ1v) is 6.02. The van der Waals surface area contributed by atoms with Crippen LogP contribution in [0.25, 0.3) is 0 Å². The van der Waals surface area contributed by atoms with Crippen molar-refractivity contribution in [3.63, 3.8) is 0 Å². The number of aryl methyl sites for hydroxylation is 1. The molecule has 0 heterocycles. The Hall–Kier alpha value is -1.31. The number of hydrogen-bond acceptors (Lipinski definition) is 2. The molecule has 16 heavy (non-hydrogen) atoms. The van der Waals surface area contributed by atoms with Gasteiger partial charge in [0.25, 0.3) is 0 Å². The highest BCUT2D eigenvalue weighted by Crippen LogP contribution is 2.13. The lowest BCUT2D eigenvalue weighted by molar-refractivity contribution is -0.118. The molecule has 0 unspecified atom stereocenters. The van der Waals surface area contributed by atoms with Crippen molar-refractivity contribution < 1.29 is 9.90 Å². The number of unbranched alkanes of at least 4 members (excludes halogenated alkanes) is 2. The Bertz CT molecular complexity index is 314. The minimum absolute atomic E-state index is 0.317. The zero-order valence-electron chi connectivity index (χ0n) is 9.91. The maximum Gasteiger partial charge on any atom is 0.132 e. The molecule has 0 aliphatic carbocycles. The van der Waals surface area contributed by atoms with Gasteiger partial charge in [0, 0.05) is 12.8 Å². The van der Waals surface area contributed by atoms with Crippen molar-refractivity contribution in [2.75, 3.05) is 0 Å². The largest absolute Gasteiger partial charge is 0.508 e. The number of aromatic hydroxyl groups is 1. The van der Waals surface area contributed by atoms with Crippen molar-refractivity contribution in [3.8, 4) is 5.75 Å². The molecule has 0 bridgehead atoms. The summed E-state index contributed by atoms with van der Waals surface area (Å²) < 4.78 is 0. The molecule has 0 aliphatic rings. The average molecular weight is 220 g/mol. The monoisotopic (exact) mass is 220 g/mol. The summed E-state index contributed by atoms with van der Waals surface area (Å²) in [5.74, 6) is 0.682. The summed E-state index contributed by atoms with van der Waals surface area (Å²) >= 11 is 0. The van der Waals surface area contributed by atoms with Gasteiger partial charge in [0.15, 0.2) is 0 Å². The summed E-state index contributed by atoms with van der Waals surface area (Å²) in [6.45, 7) is 1.92. The minimum atomic E-state index is 0.317. The van der Waals surface area contributed by atoms with Crippen LogP contribution in [0.3, 0.4) is 0 Å². The van der Waals surface area contributed by atoms with Gasteiger partial charge < -0.3 is 5.11 Å². The molecule has 1 aromatic rings. The molecule has 1 rings (SSSR count). The van der Waals surface area contributed by atoms with Crippen molar-refractivity contribution >= 4 is 5.78 Å². The summed E-state index contributed by atoms with van der Waals surface area (Å²) in [5.41, 5.74) is 1.25. The van der Waals surface area contributed by atoms with Crippen molar-refractivity contribution in [3.05, 3.63) is 29.8 Å². The van der Waals surface area contributed by atoms with Crippen LogP contribution < -0.4 is 0 Å². The topological polar surface area (TPSA) is 37.3 Å². The Balaban J connectivity index is 2.11. The van der Waals surface area contributed by atoms with Gasteiger partial charge in [-0.2, -0.15) is 0 Å². The van der Waals surface area contributed by atoms with Crippen molar-refractivity contribution in [2.24, 2.45) is 0 Å². The number of benzene rings is 1. The molecule has 0 aromatic heterocycles. The molecule has 2 nitrogen and oxygen atoms in total. The number of hydrogen-bond donors (Lipinski definition) is 1. The van der Waals surface area contributed by atoms with Gasteiger partial charge in [-0.3, -0.25) is 4.79 Å². The third-order valence-corrected chi connectivity index (χ3v) is 2.75. The smallest absolute Gasteiger partial charge is 0.132 e. The number of phenolic OH excluding ortho intramolecular Hbond substituents is 1. The summed E-state index contributed by atoms with van der Waals surface area (Å²) in [6.07, 6.45) is 5.64.